The first-order valence-corrected chi connectivity index (χ1v) is 16.3. The van der Waals surface area contributed by atoms with E-state index >= 15 is 0 Å². The third-order valence-corrected chi connectivity index (χ3v) is 10.4. The molecule has 0 aliphatic carbocycles. The Hall–Kier alpha value is -3.17. The number of carbonyl (C=O) groups is 3. The number of aliphatic hydroxyl groups is 1. The van der Waals surface area contributed by atoms with Gasteiger partial charge in [-0.15, -0.1) is 13.2 Å². The lowest BCUT2D eigenvalue weighted by atomic mass is 9.62. The Kier molecular flexibility index (Phi) is 10.3. The lowest BCUT2D eigenvalue weighted by Gasteiger charge is -2.39. The second-order valence-electron chi connectivity index (χ2n) is 12.7. The Morgan fingerprint density at radius 1 is 1.07 bits per heavy atom. The molecule has 2 bridgehead atoms. The van der Waals surface area contributed by atoms with Gasteiger partial charge in [0, 0.05) is 44.1 Å². The molecule has 1 aromatic carbocycles. The van der Waals surface area contributed by atoms with Gasteiger partial charge in [0.1, 0.15) is 11.6 Å². The van der Waals surface area contributed by atoms with Crippen LogP contribution in [0.25, 0.3) is 0 Å². The Balaban J connectivity index is 1.84. The van der Waals surface area contributed by atoms with E-state index in [0.29, 0.717) is 31.6 Å². The molecule has 0 radical (unpaired) electrons. The summed E-state index contributed by atoms with van der Waals surface area (Å²) in [5, 5.41) is 10.5. The number of amides is 3. The number of likely N-dealkylation sites (tertiary alicyclic amines) is 1. The summed E-state index contributed by atoms with van der Waals surface area (Å²) >= 11 is 0. The Bertz CT molecular complexity index is 1230. The van der Waals surface area contributed by atoms with E-state index in [4.69, 9.17) is 4.74 Å². The average Bonchev–Trinajstić information content (AvgIpc) is 3.53. The summed E-state index contributed by atoms with van der Waals surface area (Å²) in [7, 11) is 0. The first-order chi connectivity index (χ1) is 21.0. The minimum Gasteiger partial charge on any atom is -0.394 e. The van der Waals surface area contributed by atoms with Crippen LogP contribution in [-0.2, 0) is 19.1 Å². The molecule has 1 spiro atoms. The monoisotopic (exact) mass is 608 g/mol. The van der Waals surface area contributed by atoms with Gasteiger partial charge in [-0.2, -0.15) is 0 Å². The molecular weight excluding hydrogens is 556 g/mol. The van der Waals surface area contributed by atoms with Crippen molar-refractivity contribution in [3.63, 3.8) is 0 Å². The predicted octanol–water partition coefficient (Wildman–Crippen LogP) is 4.26. The minimum atomic E-state index is -1.20. The molecule has 7 atom stereocenters. The molecule has 9 heteroatoms. The van der Waals surface area contributed by atoms with Gasteiger partial charge in [-0.3, -0.25) is 14.4 Å². The van der Waals surface area contributed by atoms with Crippen molar-refractivity contribution in [3.8, 4) is 0 Å². The fraction of sp³-hybridized carbons (Fsp3) is 0.629. The van der Waals surface area contributed by atoms with E-state index in [1.807, 2.05) is 52.0 Å². The molecule has 3 amide bonds. The quantitative estimate of drug-likeness (QED) is 0.299. The number of hydrogen-bond acceptors (Lipinski definition) is 6. The van der Waals surface area contributed by atoms with Gasteiger partial charge < -0.3 is 29.4 Å². The summed E-state index contributed by atoms with van der Waals surface area (Å²) in [6.45, 7) is 22.4. The van der Waals surface area contributed by atoms with Crippen molar-refractivity contribution in [1.29, 1.82) is 0 Å². The van der Waals surface area contributed by atoms with Gasteiger partial charge in [0.2, 0.25) is 11.8 Å². The van der Waals surface area contributed by atoms with Crippen molar-refractivity contribution in [3.05, 3.63) is 49.6 Å². The zero-order valence-electron chi connectivity index (χ0n) is 27.5. The van der Waals surface area contributed by atoms with Gasteiger partial charge in [-0.05, 0) is 70.2 Å². The Morgan fingerprint density at radius 3 is 2.20 bits per heavy atom. The number of ether oxygens (including phenoxy) is 1. The first-order valence-electron chi connectivity index (χ1n) is 16.3. The number of benzene rings is 1. The SMILES string of the molecule is C=CCN(CCC)C(=O)[C@H]1[C@H]2C(=O)N([C@@H](CC)CO)C(C(=O)N(CC=C)c3ccc(N(CC)CC)cc3)C23CC(C)[C@]1(C)O3. The second-order valence-corrected chi connectivity index (χ2v) is 12.7. The van der Waals surface area contributed by atoms with Crippen LogP contribution in [0.2, 0.25) is 0 Å². The van der Waals surface area contributed by atoms with Crippen LogP contribution in [0.15, 0.2) is 49.6 Å². The van der Waals surface area contributed by atoms with E-state index in [-0.39, 0.29) is 36.8 Å². The third-order valence-electron chi connectivity index (χ3n) is 10.4. The maximum Gasteiger partial charge on any atom is 0.253 e. The number of carbonyl (C=O) groups excluding carboxylic acids is 3. The number of nitrogens with zero attached hydrogens (tertiary/aromatic N) is 4. The summed E-state index contributed by atoms with van der Waals surface area (Å²) in [4.78, 5) is 51.0. The van der Waals surface area contributed by atoms with Gasteiger partial charge in [0.25, 0.3) is 5.91 Å². The molecule has 3 saturated heterocycles. The number of rotatable bonds is 15. The molecule has 4 rings (SSSR count). The highest BCUT2D eigenvalue weighted by molar-refractivity contribution is 6.05. The van der Waals surface area contributed by atoms with Crippen LogP contribution >= 0.6 is 0 Å². The highest BCUT2D eigenvalue weighted by Gasteiger charge is 2.80. The minimum absolute atomic E-state index is 0.0710. The van der Waals surface area contributed by atoms with Crippen LogP contribution in [-0.4, -0.2) is 95.2 Å². The van der Waals surface area contributed by atoms with E-state index in [0.717, 1.165) is 25.2 Å². The summed E-state index contributed by atoms with van der Waals surface area (Å²) in [5.74, 6) is -2.36. The first kappa shape index (κ1) is 33.7. The number of fused-ring (bicyclic) bond motifs is 1. The molecule has 0 aromatic heterocycles. The van der Waals surface area contributed by atoms with Crippen LogP contribution in [0, 0.1) is 17.8 Å². The lowest BCUT2D eigenvalue weighted by Crippen LogP contribution is -2.59. The summed E-state index contributed by atoms with van der Waals surface area (Å²) < 4.78 is 6.94. The fourth-order valence-electron chi connectivity index (χ4n) is 8.08. The van der Waals surface area contributed by atoms with Crippen LogP contribution in [0.3, 0.4) is 0 Å². The molecule has 9 nitrogen and oxygen atoms in total. The van der Waals surface area contributed by atoms with Crippen molar-refractivity contribution in [2.24, 2.45) is 17.8 Å². The molecular formula is C35H52N4O5. The zero-order chi connectivity index (χ0) is 32.4. The standard InChI is InChI=1S/C35H52N4O5/c1-9-19-37(20-10-2)31(41)28-29-32(42)39(25(12-4)23-40)30(35(29)22-24(7)34(28,8)44-35)33(43)38(21-11-3)27-17-15-26(16-18-27)36(13-5)14-6/h9,11,15-18,24-25,28-30,40H,1,3,10,12-14,19-23H2,2,4-8H3/t24?,25-,28+,29-,30?,34-,35?/m0/s1. The fourth-order valence-corrected chi connectivity index (χ4v) is 8.08. The molecule has 1 aromatic rings. The molecule has 3 fully saturated rings. The molecule has 44 heavy (non-hydrogen) atoms. The maximum absolute atomic E-state index is 14.9. The topological polar surface area (TPSA) is 93.6 Å². The van der Waals surface area contributed by atoms with Gasteiger partial charge in [-0.25, -0.2) is 0 Å². The average molecular weight is 609 g/mol. The van der Waals surface area contributed by atoms with Crippen LogP contribution in [0.5, 0.6) is 0 Å². The smallest absolute Gasteiger partial charge is 0.253 e. The molecule has 0 saturated carbocycles. The van der Waals surface area contributed by atoms with Crippen LogP contribution in [0.1, 0.15) is 60.8 Å². The highest BCUT2D eigenvalue weighted by Crippen LogP contribution is 2.66. The maximum atomic E-state index is 14.9. The van der Waals surface area contributed by atoms with Crippen LogP contribution in [0.4, 0.5) is 11.4 Å². The van der Waals surface area contributed by atoms with E-state index in [1.54, 1.807) is 26.9 Å². The van der Waals surface area contributed by atoms with Crippen molar-refractivity contribution >= 4 is 29.1 Å². The Labute approximate surface area is 263 Å². The largest absolute Gasteiger partial charge is 0.394 e. The third kappa shape index (κ3) is 5.26. The second kappa shape index (κ2) is 13.4. The zero-order valence-corrected chi connectivity index (χ0v) is 27.5. The van der Waals surface area contributed by atoms with E-state index in [2.05, 4.69) is 31.9 Å². The normalized spacial score (nSPS) is 29.3. The lowest BCUT2D eigenvalue weighted by molar-refractivity contribution is -0.153. The van der Waals surface area contributed by atoms with Crippen molar-refractivity contribution in [2.75, 3.05) is 49.1 Å². The number of hydrogen-bond donors (Lipinski definition) is 1. The molecule has 3 unspecified atom stereocenters. The molecule has 3 aliphatic rings. The molecule has 242 valence electrons. The van der Waals surface area contributed by atoms with E-state index in [1.165, 1.54) is 0 Å². The molecule has 3 aliphatic heterocycles. The highest BCUT2D eigenvalue weighted by atomic mass is 16.5. The van der Waals surface area contributed by atoms with E-state index < -0.39 is 35.1 Å². The Morgan fingerprint density at radius 2 is 1.68 bits per heavy atom. The van der Waals surface area contributed by atoms with Gasteiger partial charge in [-0.1, -0.05) is 32.9 Å². The number of anilines is 2. The van der Waals surface area contributed by atoms with Gasteiger partial charge >= 0.3 is 0 Å². The number of aliphatic hydroxyl groups excluding tert-OH is 1. The van der Waals surface area contributed by atoms with Crippen molar-refractivity contribution < 1.29 is 24.2 Å². The van der Waals surface area contributed by atoms with E-state index in [9.17, 15) is 19.5 Å². The summed E-state index contributed by atoms with van der Waals surface area (Å²) in [5.41, 5.74) is -0.359. The van der Waals surface area contributed by atoms with Gasteiger partial charge in [0.05, 0.1) is 30.1 Å². The van der Waals surface area contributed by atoms with Crippen molar-refractivity contribution in [2.45, 2.75) is 84.1 Å². The molecule has 1 N–H and O–H groups in total. The van der Waals surface area contributed by atoms with Crippen LogP contribution < -0.4 is 9.80 Å². The predicted molar refractivity (Wildman–Crippen MR) is 174 cm³/mol. The van der Waals surface area contributed by atoms with Gasteiger partial charge in [0.15, 0.2) is 0 Å². The molecule has 3 heterocycles. The summed E-state index contributed by atoms with van der Waals surface area (Å²) in [6, 6.07) is 6.27. The van der Waals surface area contributed by atoms with Crippen molar-refractivity contribution in [1.82, 2.24) is 9.80 Å². The summed E-state index contributed by atoms with van der Waals surface area (Å²) in [6.07, 6.45) is 5.07.